The molecular formula is C31H39N9O. The van der Waals surface area contributed by atoms with Crippen LogP contribution in [0, 0.1) is 13.8 Å². The van der Waals surface area contributed by atoms with E-state index in [9.17, 15) is 4.79 Å². The first-order valence-electron chi connectivity index (χ1n) is 13.9. The summed E-state index contributed by atoms with van der Waals surface area (Å²) in [6.45, 7) is 14.2. The summed E-state index contributed by atoms with van der Waals surface area (Å²) >= 11 is 0. The van der Waals surface area contributed by atoms with E-state index in [1.165, 1.54) is 0 Å². The lowest BCUT2D eigenvalue weighted by Crippen LogP contribution is -2.47. The van der Waals surface area contributed by atoms with Crippen molar-refractivity contribution in [3.05, 3.63) is 83.3 Å². The Hall–Kier alpha value is -4.28. The number of carbonyl (C=O) groups excluding carboxylic acids is 1. The summed E-state index contributed by atoms with van der Waals surface area (Å²) in [4.78, 5) is 24.4. The predicted octanol–water partition coefficient (Wildman–Crippen LogP) is 5.15. The minimum absolute atomic E-state index is 0.00611. The molecule has 1 amide bonds. The van der Waals surface area contributed by atoms with E-state index in [0.29, 0.717) is 17.2 Å². The Labute approximate surface area is 241 Å². The molecule has 0 radical (unpaired) electrons. The van der Waals surface area contributed by atoms with Gasteiger partial charge in [-0.25, -0.2) is 15.0 Å². The molecule has 214 valence electrons. The lowest BCUT2D eigenvalue weighted by Gasteiger charge is -2.32. The molecule has 4 aromatic rings. The fraction of sp³-hybridized carbons (Fsp3) is 0.355. The summed E-state index contributed by atoms with van der Waals surface area (Å²) in [6, 6.07) is 17.5. The number of rotatable bonds is 7. The van der Waals surface area contributed by atoms with Crippen LogP contribution in [0.25, 0.3) is 5.82 Å². The molecule has 1 saturated heterocycles. The standard InChI is InChI=1S/C31H39N9O/c1-21-10-11-23(30(41)34-25-9-7-8-24(18-25)31(3,4)5)17-26(21)35-29-16-22(2)36-40(29)28-19-27(32-20-33-28)37-39-14-12-38(6)13-15-39/h7-11,16-20,35H,12-15H2,1-6H3,(H,34,41)(H,32,33,37). The number of hydrogen-bond donors (Lipinski definition) is 3. The molecule has 3 heterocycles. The van der Waals surface area contributed by atoms with E-state index in [-0.39, 0.29) is 11.3 Å². The van der Waals surface area contributed by atoms with E-state index >= 15 is 0 Å². The molecule has 0 atom stereocenters. The quantitative estimate of drug-likeness (QED) is 0.289. The van der Waals surface area contributed by atoms with Gasteiger partial charge in [-0.1, -0.05) is 39.0 Å². The first kappa shape index (κ1) is 28.3. The SMILES string of the molecule is Cc1cc(Nc2cc(C(=O)Nc3cccc(C(C)(C)C)c3)ccc2C)n(-c2cc(NN3CCN(C)CC3)ncn2)n1. The van der Waals surface area contributed by atoms with Crippen LogP contribution in [0.5, 0.6) is 0 Å². The molecule has 1 fully saturated rings. The fourth-order valence-electron chi connectivity index (χ4n) is 4.67. The fourth-order valence-corrected chi connectivity index (χ4v) is 4.67. The van der Waals surface area contributed by atoms with E-state index in [1.54, 1.807) is 11.0 Å². The minimum Gasteiger partial charge on any atom is -0.340 e. The summed E-state index contributed by atoms with van der Waals surface area (Å²) in [5, 5.41) is 13.4. The van der Waals surface area contributed by atoms with Crippen molar-refractivity contribution in [3.63, 3.8) is 0 Å². The van der Waals surface area contributed by atoms with Gasteiger partial charge in [0, 0.05) is 55.2 Å². The molecule has 1 aliphatic heterocycles. The average Bonchev–Trinajstić information content (AvgIpc) is 3.31. The van der Waals surface area contributed by atoms with Crippen molar-refractivity contribution in [2.75, 3.05) is 49.3 Å². The Morgan fingerprint density at radius 1 is 0.927 bits per heavy atom. The zero-order chi connectivity index (χ0) is 29.1. The van der Waals surface area contributed by atoms with Crippen LogP contribution < -0.4 is 16.1 Å². The van der Waals surface area contributed by atoms with E-state index in [0.717, 1.165) is 60.2 Å². The van der Waals surface area contributed by atoms with Crippen molar-refractivity contribution in [3.8, 4) is 5.82 Å². The zero-order valence-corrected chi connectivity index (χ0v) is 24.7. The first-order chi connectivity index (χ1) is 19.5. The molecule has 0 aliphatic carbocycles. The van der Waals surface area contributed by atoms with Gasteiger partial charge in [-0.2, -0.15) is 9.78 Å². The van der Waals surface area contributed by atoms with Gasteiger partial charge in [-0.3, -0.25) is 4.79 Å². The van der Waals surface area contributed by atoms with E-state index < -0.39 is 0 Å². The maximum Gasteiger partial charge on any atom is 0.255 e. The highest BCUT2D eigenvalue weighted by atomic mass is 16.1. The third-order valence-electron chi connectivity index (χ3n) is 7.23. The van der Waals surface area contributed by atoms with Crippen LogP contribution in [-0.4, -0.2) is 68.8 Å². The summed E-state index contributed by atoms with van der Waals surface area (Å²) in [6.07, 6.45) is 1.54. The van der Waals surface area contributed by atoms with Crippen LogP contribution in [0.3, 0.4) is 0 Å². The summed E-state index contributed by atoms with van der Waals surface area (Å²) in [5.41, 5.74) is 8.54. The number of nitrogens with one attached hydrogen (secondary N) is 3. The van der Waals surface area contributed by atoms with Crippen molar-refractivity contribution in [1.82, 2.24) is 29.7 Å². The average molecular weight is 554 g/mol. The molecule has 1 aliphatic rings. The number of hydrazine groups is 1. The van der Waals surface area contributed by atoms with Crippen LogP contribution in [-0.2, 0) is 5.41 Å². The van der Waals surface area contributed by atoms with Crippen molar-refractivity contribution in [2.24, 2.45) is 0 Å². The van der Waals surface area contributed by atoms with Gasteiger partial charge in [0.2, 0.25) is 0 Å². The topological polar surface area (TPSA) is 103 Å². The normalized spacial score (nSPS) is 14.6. The molecule has 3 N–H and O–H groups in total. The molecule has 0 saturated carbocycles. The first-order valence-corrected chi connectivity index (χ1v) is 13.9. The lowest BCUT2D eigenvalue weighted by atomic mass is 9.87. The lowest BCUT2D eigenvalue weighted by molar-refractivity contribution is 0.102. The maximum atomic E-state index is 13.2. The molecule has 2 aromatic carbocycles. The van der Waals surface area contributed by atoms with Gasteiger partial charge in [-0.15, -0.1) is 0 Å². The van der Waals surface area contributed by atoms with Gasteiger partial charge in [0.15, 0.2) is 5.82 Å². The molecule has 0 unspecified atom stereocenters. The van der Waals surface area contributed by atoms with Gasteiger partial charge in [0.1, 0.15) is 18.0 Å². The number of aromatic nitrogens is 4. The van der Waals surface area contributed by atoms with Crippen molar-refractivity contribution in [1.29, 1.82) is 0 Å². The van der Waals surface area contributed by atoms with Gasteiger partial charge in [0.05, 0.1) is 5.69 Å². The third-order valence-corrected chi connectivity index (χ3v) is 7.23. The number of likely N-dealkylation sites (N-methyl/N-ethyl adjacent to an activating group) is 1. The number of piperazine rings is 1. The van der Waals surface area contributed by atoms with Crippen molar-refractivity contribution < 1.29 is 4.79 Å². The minimum atomic E-state index is -0.167. The number of carbonyl (C=O) groups is 1. The number of amides is 1. The number of nitrogens with zero attached hydrogens (tertiary/aromatic N) is 6. The smallest absolute Gasteiger partial charge is 0.255 e. The highest BCUT2D eigenvalue weighted by molar-refractivity contribution is 6.05. The number of benzene rings is 2. The monoisotopic (exact) mass is 553 g/mol. The number of aryl methyl sites for hydroxylation is 2. The van der Waals surface area contributed by atoms with E-state index in [1.807, 2.05) is 62.4 Å². The summed E-state index contributed by atoms with van der Waals surface area (Å²) in [5.74, 6) is 1.92. The van der Waals surface area contributed by atoms with Gasteiger partial charge in [0.25, 0.3) is 5.91 Å². The van der Waals surface area contributed by atoms with Crippen LogP contribution in [0.4, 0.5) is 23.0 Å². The van der Waals surface area contributed by atoms with Crippen molar-refractivity contribution in [2.45, 2.75) is 40.0 Å². The zero-order valence-electron chi connectivity index (χ0n) is 24.7. The second-order valence-corrected chi connectivity index (χ2v) is 11.7. The second kappa shape index (κ2) is 11.7. The number of hydrogen-bond acceptors (Lipinski definition) is 8. The number of anilines is 4. The maximum absolute atomic E-state index is 13.2. The molecule has 10 nitrogen and oxygen atoms in total. The largest absolute Gasteiger partial charge is 0.340 e. The third kappa shape index (κ3) is 6.90. The van der Waals surface area contributed by atoms with Crippen LogP contribution >= 0.6 is 0 Å². The molecule has 10 heteroatoms. The van der Waals surface area contributed by atoms with Gasteiger partial charge >= 0.3 is 0 Å². The summed E-state index contributed by atoms with van der Waals surface area (Å²) in [7, 11) is 2.13. The molecule has 0 bridgehead atoms. The predicted molar refractivity (Wildman–Crippen MR) is 164 cm³/mol. The Morgan fingerprint density at radius 2 is 1.71 bits per heavy atom. The Kier molecular flexibility index (Phi) is 8.05. The van der Waals surface area contributed by atoms with Crippen molar-refractivity contribution >= 4 is 28.9 Å². The molecule has 41 heavy (non-hydrogen) atoms. The Balaban J connectivity index is 1.35. The van der Waals surface area contributed by atoms with E-state index in [4.69, 9.17) is 0 Å². The Bertz CT molecular complexity index is 1530. The Morgan fingerprint density at radius 3 is 2.46 bits per heavy atom. The highest BCUT2D eigenvalue weighted by Gasteiger charge is 2.17. The highest BCUT2D eigenvalue weighted by Crippen LogP contribution is 2.27. The van der Waals surface area contributed by atoms with Gasteiger partial charge < -0.3 is 21.0 Å². The summed E-state index contributed by atoms with van der Waals surface area (Å²) < 4.78 is 1.76. The van der Waals surface area contributed by atoms with Crippen LogP contribution in [0.1, 0.15) is 48.0 Å². The molecule has 5 rings (SSSR count). The van der Waals surface area contributed by atoms with Crippen LogP contribution in [0.2, 0.25) is 0 Å². The second-order valence-electron chi connectivity index (χ2n) is 11.7. The molecule has 0 spiro atoms. The van der Waals surface area contributed by atoms with E-state index in [2.05, 4.69) is 74.9 Å². The molecule has 2 aromatic heterocycles. The van der Waals surface area contributed by atoms with Gasteiger partial charge in [-0.05, 0) is 61.7 Å². The molecular weight excluding hydrogens is 514 g/mol. The van der Waals surface area contributed by atoms with Crippen LogP contribution in [0.15, 0.2) is 60.9 Å².